The standard InChI is InChI=1S/C28H32N2O2.C21H20N2O/c31-28(21-24-7-4-8-26(19-24)25-10-14-29-15-11-25)27(20-23-5-2-1-3-6-23)30-16-9-22-12-17-32-18-13-22;22-20(14-16-5-2-1-3-6-16)21(24)15-17-7-4-8-19(13-17)18-9-11-23-12-10-18/h1-8,10-11,14-15,19,22,27,30H,9,12-13,16-18,20-21H2;1-13,20H,14-15,22H2/t27-;20-/m00/s1. The molecule has 0 spiro atoms. The smallest absolute Gasteiger partial charge is 0.154 e. The van der Waals surface area contributed by atoms with Crippen molar-refractivity contribution in [2.45, 2.75) is 57.0 Å². The molecule has 0 unspecified atom stereocenters. The molecule has 3 N–H and O–H groups in total. The Morgan fingerprint density at radius 2 is 1.07 bits per heavy atom. The minimum Gasteiger partial charge on any atom is -0.381 e. The lowest BCUT2D eigenvalue weighted by Crippen LogP contribution is -2.40. The summed E-state index contributed by atoms with van der Waals surface area (Å²) in [6, 6.07) is 43.7. The number of hydrogen-bond donors (Lipinski definition) is 2. The van der Waals surface area contributed by atoms with E-state index in [1.807, 2.05) is 109 Å². The van der Waals surface area contributed by atoms with Crippen LogP contribution in [-0.4, -0.2) is 53.4 Å². The van der Waals surface area contributed by atoms with Gasteiger partial charge < -0.3 is 15.8 Å². The fourth-order valence-electron chi connectivity index (χ4n) is 7.10. The maximum absolute atomic E-state index is 13.4. The van der Waals surface area contributed by atoms with Crippen LogP contribution in [0, 0.1) is 5.92 Å². The molecule has 1 fully saturated rings. The molecule has 1 aliphatic heterocycles. The first-order chi connectivity index (χ1) is 27.5. The number of rotatable bonds is 16. The number of ketones is 2. The molecule has 286 valence electrons. The molecule has 7 nitrogen and oxygen atoms in total. The summed E-state index contributed by atoms with van der Waals surface area (Å²) in [5.74, 6) is 0.999. The second kappa shape index (κ2) is 21.5. The zero-order valence-corrected chi connectivity index (χ0v) is 32.0. The van der Waals surface area contributed by atoms with Gasteiger partial charge in [0, 0.05) is 50.8 Å². The summed E-state index contributed by atoms with van der Waals surface area (Å²) in [5, 5.41) is 3.58. The average Bonchev–Trinajstić information content (AvgIpc) is 3.25. The van der Waals surface area contributed by atoms with Gasteiger partial charge in [0.1, 0.15) is 0 Å². The SMILES string of the molecule is N[C@@H](Cc1ccccc1)C(=O)Cc1cccc(-c2ccncc2)c1.O=C(Cc1cccc(-c2ccncc2)c1)[C@H](Cc1ccccc1)NCCC1CCOCC1. The molecule has 0 saturated carbocycles. The van der Waals surface area contributed by atoms with E-state index in [9.17, 15) is 9.59 Å². The number of aromatic nitrogens is 2. The van der Waals surface area contributed by atoms with Crippen molar-refractivity contribution in [2.75, 3.05) is 19.8 Å². The van der Waals surface area contributed by atoms with Crippen LogP contribution in [0.1, 0.15) is 41.5 Å². The Labute approximate surface area is 331 Å². The van der Waals surface area contributed by atoms with Gasteiger partial charge in [0.15, 0.2) is 11.6 Å². The fourth-order valence-corrected chi connectivity index (χ4v) is 7.10. The third-order valence-electron chi connectivity index (χ3n) is 10.3. The van der Waals surface area contributed by atoms with Gasteiger partial charge >= 0.3 is 0 Å². The summed E-state index contributed by atoms with van der Waals surface area (Å²) in [4.78, 5) is 33.9. The van der Waals surface area contributed by atoms with Gasteiger partial charge in [-0.25, -0.2) is 0 Å². The maximum Gasteiger partial charge on any atom is 0.154 e. The zero-order valence-electron chi connectivity index (χ0n) is 32.0. The highest BCUT2D eigenvalue weighted by molar-refractivity contribution is 5.87. The minimum absolute atomic E-state index is 0.0609. The molecule has 0 amide bonds. The Bertz CT molecular complexity index is 2070. The average molecular weight is 745 g/mol. The highest BCUT2D eigenvalue weighted by Gasteiger charge is 2.21. The maximum atomic E-state index is 13.4. The first-order valence-electron chi connectivity index (χ1n) is 19.7. The minimum atomic E-state index is -0.475. The van der Waals surface area contributed by atoms with E-state index in [4.69, 9.17) is 10.5 Å². The molecular weight excluding hydrogens is 693 g/mol. The lowest BCUT2D eigenvalue weighted by Gasteiger charge is -2.24. The monoisotopic (exact) mass is 744 g/mol. The van der Waals surface area contributed by atoms with Crippen LogP contribution in [0.4, 0.5) is 0 Å². The van der Waals surface area contributed by atoms with E-state index in [1.165, 1.54) is 5.56 Å². The summed E-state index contributed by atoms with van der Waals surface area (Å²) in [6.45, 7) is 2.60. The summed E-state index contributed by atoms with van der Waals surface area (Å²) in [7, 11) is 0. The molecule has 0 radical (unpaired) electrons. The molecule has 1 saturated heterocycles. The van der Waals surface area contributed by atoms with Gasteiger partial charge in [-0.05, 0) is 113 Å². The molecule has 2 aromatic heterocycles. The summed E-state index contributed by atoms with van der Waals surface area (Å²) in [5.41, 5.74) is 14.8. The first-order valence-corrected chi connectivity index (χ1v) is 19.7. The Hall–Kier alpha value is -5.60. The van der Waals surface area contributed by atoms with Crippen molar-refractivity contribution in [1.82, 2.24) is 15.3 Å². The van der Waals surface area contributed by atoms with Crippen molar-refractivity contribution in [3.8, 4) is 22.3 Å². The van der Waals surface area contributed by atoms with Crippen LogP contribution in [0.2, 0.25) is 0 Å². The van der Waals surface area contributed by atoms with Crippen molar-refractivity contribution in [3.63, 3.8) is 0 Å². The van der Waals surface area contributed by atoms with E-state index in [-0.39, 0.29) is 17.6 Å². The van der Waals surface area contributed by atoms with Crippen LogP contribution in [0.5, 0.6) is 0 Å². The molecule has 0 bridgehead atoms. The number of nitrogens with zero attached hydrogens (tertiary/aromatic N) is 2. The molecule has 2 atom stereocenters. The van der Waals surface area contributed by atoms with Crippen LogP contribution >= 0.6 is 0 Å². The second-order valence-corrected chi connectivity index (χ2v) is 14.5. The van der Waals surface area contributed by atoms with Crippen LogP contribution in [-0.2, 0) is 40.0 Å². The largest absolute Gasteiger partial charge is 0.381 e. The molecule has 1 aliphatic rings. The number of ether oxygens (including phenoxy) is 1. The second-order valence-electron chi connectivity index (χ2n) is 14.5. The van der Waals surface area contributed by atoms with Gasteiger partial charge in [0.05, 0.1) is 12.1 Å². The Morgan fingerprint density at radius 1 is 0.589 bits per heavy atom. The van der Waals surface area contributed by atoms with Gasteiger partial charge in [-0.2, -0.15) is 0 Å². The number of nitrogens with one attached hydrogen (secondary N) is 1. The van der Waals surface area contributed by atoms with Crippen LogP contribution < -0.4 is 11.1 Å². The molecule has 7 heteroatoms. The lowest BCUT2D eigenvalue weighted by atomic mass is 9.94. The number of hydrogen-bond acceptors (Lipinski definition) is 7. The summed E-state index contributed by atoms with van der Waals surface area (Å²) in [6.07, 6.45) is 12.6. The molecule has 7 rings (SSSR count). The van der Waals surface area contributed by atoms with Gasteiger partial charge in [0.25, 0.3) is 0 Å². The van der Waals surface area contributed by atoms with E-state index in [0.29, 0.717) is 25.2 Å². The lowest BCUT2D eigenvalue weighted by molar-refractivity contribution is -0.120. The van der Waals surface area contributed by atoms with E-state index in [0.717, 1.165) is 84.4 Å². The molecule has 56 heavy (non-hydrogen) atoms. The number of nitrogens with two attached hydrogens (primary N) is 1. The van der Waals surface area contributed by atoms with Crippen molar-refractivity contribution < 1.29 is 14.3 Å². The number of carbonyl (C=O) groups excluding carboxylic acids is 2. The quantitative estimate of drug-likeness (QED) is 0.103. The third kappa shape index (κ3) is 12.7. The van der Waals surface area contributed by atoms with Crippen molar-refractivity contribution in [2.24, 2.45) is 11.7 Å². The number of benzene rings is 4. The number of carbonyl (C=O) groups is 2. The number of pyridine rings is 2. The summed E-state index contributed by atoms with van der Waals surface area (Å²) < 4.78 is 5.47. The van der Waals surface area contributed by atoms with Crippen molar-refractivity contribution in [3.05, 3.63) is 181 Å². The fraction of sp³-hybridized carbons (Fsp3) is 0.265. The van der Waals surface area contributed by atoms with E-state index in [2.05, 4.69) is 39.6 Å². The number of Topliss-reactive ketones (excluding diaryl/α,β-unsaturated/α-hetero) is 2. The highest BCUT2D eigenvalue weighted by Crippen LogP contribution is 2.22. The topological polar surface area (TPSA) is 107 Å². The third-order valence-corrected chi connectivity index (χ3v) is 10.3. The van der Waals surface area contributed by atoms with Crippen LogP contribution in [0.25, 0.3) is 22.3 Å². The van der Waals surface area contributed by atoms with Gasteiger partial charge in [-0.15, -0.1) is 0 Å². The van der Waals surface area contributed by atoms with Gasteiger partial charge in [-0.3, -0.25) is 19.6 Å². The predicted octanol–water partition coefficient (Wildman–Crippen LogP) is 8.31. The van der Waals surface area contributed by atoms with Gasteiger partial charge in [0.2, 0.25) is 0 Å². The van der Waals surface area contributed by atoms with Crippen molar-refractivity contribution in [1.29, 1.82) is 0 Å². The van der Waals surface area contributed by atoms with Crippen LogP contribution in [0.15, 0.2) is 158 Å². The molecule has 3 heterocycles. The van der Waals surface area contributed by atoms with E-state index >= 15 is 0 Å². The first kappa shape index (κ1) is 40.1. The summed E-state index contributed by atoms with van der Waals surface area (Å²) >= 11 is 0. The Balaban J connectivity index is 0.000000198. The Kier molecular flexibility index (Phi) is 15.4. The van der Waals surface area contributed by atoms with E-state index < -0.39 is 6.04 Å². The van der Waals surface area contributed by atoms with Gasteiger partial charge in [-0.1, -0.05) is 109 Å². The molecule has 0 aliphatic carbocycles. The highest BCUT2D eigenvalue weighted by atomic mass is 16.5. The zero-order chi connectivity index (χ0) is 38.8. The Morgan fingerprint density at radius 3 is 1.61 bits per heavy atom. The molecular formula is C49H52N4O3. The molecule has 6 aromatic rings. The predicted molar refractivity (Wildman–Crippen MR) is 225 cm³/mol. The normalized spacial score (nSPS) is 13.9. The van der Waals surface area contributed by atoms with Crippen LogP contribution in [0.3, 0.4) is 0 Å². The molecule has 4 aromatic carbocycles. The van der Waals surface area contributed by atoms with Crippen molar-refractivity contribution >= 4 is 11.6 Å². The van der Waals surface area contributed by atoms with E-state index in [1.54, 1.807) is 24.8 Å².